The summed E-state index contributed by atoms with van der Waals surface area (Å²) in [7, 11) is 1.56. The number of methoxy groups -OCH3 is 1. The summed E-state index contributed by atoms with van der Waals surface area (Å²) in [4.78, 5) is 2.20. The molecule has 1 atom stereocenters. The Balaban J connectivity index is 1.36. The number of nitrogens with zero attached hydrogens (tertiary/aromatic N) is 3. The van der Waals surface area contributed by atoms with Gasteiger partial charge in [0, 0.05) is 42.4 Å². The molecule has 0 saturated carbocycles. The molecule has 0 spiro atoms. The number of anilines is 1. The molecule has 5 rings (SSSR count). The lowest BCUT2D eigenvalue weighted by Crippen LogP contribution is -2.58. The van der Waals surface area contributed by atoms with Gasteiger partial charge >= 0.3 is 0 Å². The molecule has 2 aromatic heterocycles. The van der Waals surface area contributed by atoms with Crippen LogP contribution in [0.25, 0.3) is 33.6 Å². The van der Waals surface area contributed by atoms with E-state index in [0.29, 0.717) is 34.7 Å². The van der Waals surface area contributed by atoms with Gasteiger partial charge in [-0.2, -0.15) is 5.10 Å². The number of aliphatic hydroxyl groups is 1. The number of halogens is 1. The first kappa shape index (κ1) is 22.4. The molecular formula is C25H27FN4O4. The van der Waals surface area contributed by atoms with Gasteiger partial charge in [0.1, 0.15) is 18.0 Å². The summed E-state index contributed by atoms with van der Waals surface area (Å²) in [6, 6.07) is 12.8. The summed E-state index contributed by atoms with van der Waals surface area (Å²) in [5.41, 5.74) is 2.95. The predicted molar refractivity (Wildman–Crippen MR) is 126 cm³/mol. The maximum atomic E-state index is 14.6. The lowest BCUT2D eigenvalue weighted by molar-refractivity contribution is 0.0293. The van der Waals surface area contributed by atoms with Crippen LogP contribution in [0.1, 0.15) is 20.3 Å². The molecule has 3 heterocycles. The lowest BCUT2D eigenvalue weighted by Gasteiger charge is -2.48. The van der Waals surface area contributed by atoms with Crippen LogP contribution in [0.2, 0.25) is 0 Å². The van der Waals surface area contributed by atoms with Crippen molar-refractivity contribution in [3.05, 3.63) is 48.3 Å². The molecule has 0 amide bonds. The minimum Gasteiger partial charge on any atom is -0.488 e. The van der Waals surface area contributed by atoms with Gasteiger partial charge < -0.3 is 24.0 Å². The summed E-state index contributed by atoms with van der Waals surface area (Å²) >= 11 is 0. The lowest BCUT2D eigenvalue weighted by atomic mass is 9.87. The monoisotopic (exact) mass is 466 g/mol. The molecule has 8 nitrogen and oxygen atoms in total. The van der Waals surface area contributed by atoms with Crippen molar-refractivity contribution in [3.63, 3.8) is 0 Å². The summed E-state index contributed by atoms with van der Waals surface area (Å²) in [6.45, 7) is 5.22. The van der Waals surface area contributed by atoms with E-state index >= 15 is 0 Å². The van der Waals surface area contributed by atoms with Crippen molar-refractivity contribution >= 4 is 16.6 Å². The van der Waals surface area contributed by atoms with E-state index in [4.69, 9.17) is 14.0 Å². The maximum absolute atomic E-state index is 14.6. The average molecular weight is 467 g/mol. The van der Waals surface area contributed by atoms with Crippen LogP contribution in [0, 0.1) is 5.82 Å². The van der Waals surface area contributed by atoms with Crippen LogP contribution < -0.4 is 9.64 Å². The number of benzene rings is 2. The van der Waals surface area contributed by atoms with Gasteiger partial charge in [-0.25, -0.2) is 4.39 Å². The van der Waals surface area contributed by atoms with E-state index in [9.17, 15) is 9.50 Å². The SMILES string of the molecule is COCCOc1cc2[nH]nc(-c3cc(-c4ccc(N5CC[C@H]5C(C)(C)O)cc4)no3)c2cc1F. The summed E-state index contributed by atoms with van der Waals surface area (Å²) in [5, 5.41) is 22.3. The van der Waals surface area contributed by atoms with E-state index in [-0.39, 0.29) is 18.4 Å². The third-order valence-electron chi connectivity index (χ3n) is 6.23. The molecule has 2 aromatic carbocycles. The molecule has 1 aliphatic heterocycles. The molecule has 9 heteroatoms. The zero-order chi connectivity index (χ0) is 23.9. The van der Waals surface area contributed by atoms with E-state index in [0.717, 1.165) is 24.2 Å². The Morgan fingerprint density at radius 2 is 2.00 bits per heavy atom. The molecule has 0 aliphatic carbocycles. The highest BCUT2D eigenvalue weighted by atomic mass is 19.1. The molecule has 0 bridgehead atoms. The molecule has 0 radical (unpaired) electrons. The van der Waals surface area contributed by atoms with Gasteiger partial charge in [-0.1, -0.05) is 17.3 Å². The van der Waals surface area contributed by atoms with Crippen LogP contribution in [0.4, 0.5) is 10.1 Å². The Hall–Kier alpha value is -3.43. The van der Waals surface area contributed by atoms with E-state index < -0.39 is 11.4 Å². The minimum atomic E-state index is -0.749. The molecule has 1 saturated heterocycles. The highest BCUT2D eigenvalue weighted by molar-refractivity contribution is 5.93. The second-order valence-corrected chi connectivity index (χ2v) is 9.02. The largest absolute Gasteiger partial charge is 0.488 e. The van der Waals surface area contributed by atoms with Crippen LogP contribution >= 0.6 is 0 Å². The molecule has 4 aromatic rings. The topological polar surface area (TPSA) is 96.6 Å². The number of rotatable bonds is 8. The first-order chi connectivity index (χ1) is 16.3. The first-order valence-corrected chi connectivity index (χ1v) is 11.2. The number of nitrogens with one attached hydrogen (secondary N) is 1. The van der Waals surface area contributed by atoms with Crippen molar-refractivity contribution in [2.45, 2.75) is 31.9 Å². The molecule has 1 aliphatic rings. The van der Waals surface area contributed by atoms with Crippen molar-refractivity contribution in [1.82, 2.24) is 15.4 Å². The zero-order valence-corrected chi connectivity index (χ0v) is 19.3. The average Bonchev–Trinajstić information content (AvgIpc) is 3.39. The van der Waals surface area contributed by atoms with Crippen molar-refractivity contribution < 1.29 is 23.5 Å². The summed E-state index contributed by atoms with van der Waals surface area (Å²) in [5.74, 6) is 0.0756. The third-order valence-corrected chi connectivity index (χ3v) is 6.23. The van der Waals surface area contributed by atoms with Crippen molar-refractivity contribution in [1.29, 1.82) is 0 Å². The van der Waals surface area contributed by atoms with Crippen molar-refractivity contribution in [3.8, 4) is 28.5 Å². The fraction of sp³-hybridized carbons (Fsp3) is 0.360. The molecule has 34 heavy (non-hydrogen) atoms. The van der Waals surface area contributed by atoms with Crippen molar-refractivity contribution in [2.24, 2.45) is 0 Å². The van der Waals surface area contributed by atoms with E-state index in [1.165, 1.54) is 6.07 Å². The Morgan fingerprint density at radius 3 is 2.68 bits per heavy atom. The van der Waals surface area contributed by atoms with E-state index in [1.807, 2.05) is 38.1 Å². The van der Waals surface area contributed by atoms with Gasteiger partial charge in [-0.3, -0.25) is 5.10 Å². The predicted octanol–water partition coefficient (Wildman–Crippen LogP) is 4.40. The highest BCUT2D eigenvalue weighted by Gasteiger charge is 2.38. The summed E-state index contributed by atoms with van der Waals surface area (Å²) in [6.07, 6.45) is 0.969. The number of H-pyrrole nitrogens is 1. The number of fused-ring (bicyclic) bond motifs is 1. The Labute approximate surface area is 196 Å². The van der Waals surface area contributed by atoms with Gasteiger partial charge in [-0.05, 0) is 38.5 Å². The number of aromatic amines is 1. The van der Waals surface area contributed by atoms with E-state index in [1.54, 1.807) is 19.2 Å². The zero-order valence-electron chi connectivity index (χ0n) is 19.3. The van der Waals surface area contributed by atoms with Gasteiger partial charge in [0.15, 0.2) is 17.3 Å². The van der Waals surface area contributed by atoms with Crippen LogP contribution in [0.3, 0.4) is 0 Å². The summed E-state index contributed by atoms with van der Waals surface area (Å²) < 4.78 is 30.5. The van der Waals surface area contributed by atoms with Gasteiger partial charge in [-0.15, -0.1) is 0 Å². The molecule has 178 valence electrons. The Bertz CT molecular complexity index is 1290. The first-order valence-electron chi connectivity index (χ1n) is 11.2. The number of hydrogen-bond acceptors (Lipinski definition) is 7. The maximum Gasteiger partial charge on any atom is 0.188 e. The molecule has 0 unspecified atom stereocenters. The highest BCUT2D eigenvalue weighted by Crippen LogP contribution is 2.35. The molecule has 1 fully saturated rings. The number of hydrogen-bond donors (Lipinski definition) is 2. The van der Waals surface area contributed by atoms with Crippen LogP contribution in [0.15, 0.2) is 47.0 Å². The van der Waals surface area contributed by atoms with Crippen LogP contribution in [-0.4, -0.2) is 59.0 Å². The fourth-order valence-electron chi connectivity index (χ4n) is 4.33. The van der Waals surface area contributed by atoms with Crippen molar-refractivity contribution in [2.75, 3.05) is 31.8 Å². The molecule has 2 N–H and O–H groups in total. The van der Waals surface area contributed by atoms with Crippen LogP contribution in [0.5, 0.6) is 5.75 Å². The normalized spacial score (nSPS) is 16.1. The number of aromatic nitrogens is 3. The van der Waals surface area contributed by atoms with Gasteiger partial charge in [0.05, 0.1) is 23.8 Å². The minimum absolute atomic E-state index is 0.108. The second-order valence-electron chi connectivity index (χ2n) is 9.02. The fourth-order valence-corrected chi connectivity index (χ4v) is 4.33. The van der Waals surface area contributed by atoms with Crippen LogP contribution in [-0.2, 0) is 4.74 Å². The van der Waals surface area contributed by atoms with Gasteiger partial charge in [0.25, 0.3) is 0 Å². The quantitative estimate of drug-likeness (QED) is 0.372. The third kappa shape index (κ3) is 4.12. The molecular weight excluding hydrogens is 439 g/mol. The van der Waals surface area contributed by atoms with E-state index in [2.05, 4.69) is 20.3 Å². The van der Waals surface area contributed by atoms with Gasteiger partial charge in [0.2, 0.25) is 0 Å². The number of ether oxygens (including phenoxy) is 2. The Morgan fingerprint density at radius 1 is 1.21 bits per heavy atom. The Kier molecular flexibility index (Phi) is 5.75. The standard InChI is InChI=1S/C25H27FN4O4/c1-25(2,31)23-8-9-30(23)16-6-4-15(5-7-16)19-13-22(34-29-19)24-17-12-18(26)21(33-11-10-32-3)14-20(17)27-28-24/h4-7,12-14,23,31H,8-11H2,1-3H3,(H,27,28)/t23-/m0/s1. The second kappa shape index (κ2) is 8.73. The smallest absolute Gasteiger partial charge is 0.188 e.